The second-order valence-corrected chi connectivity index (χ2v) is 26.1. The Kier molecular flexibility index (Phi) is 11.3. The number of rotatable bonds is 3. The number of carbonyl (C=O) groups excluding carboxylic acids is 2. The highest BCUT2D eigenvalue weighted by Gasteiger charge is 2.65. The minimum absolute atomic E-state index is 0.0238. The van der Waals surface area contributed by atoms with E-state index in [0.29, 0.717) is 41.0 Å². The highest BCUT2D eigenvalue weighted by Crippen LogP contribution is 2.69. The maximum atomic E-state index is 15.6. The minimum atomic E-state index is -2.47. The number of aromatic nitrogens is 1. The van der Waals surface area contributed by atoms with E-state index in [-0.39, 0.29) is 77.1 Å². The summed E-state index contributed by atoms with van der Waals surface area (Å²) >= 11 is 0. The number of hydrogen-bond acceptors (Lipinski definition) is 12. The van der Waals surface area contributed by atoms with Crippen LogP contribution in [0.1, 0.15) is 179 Å². The summed E-state index contributed by atoms with van der Waals surface area (Å²) in [5, 5.41) is 64.8. The summed E-state index contributed by atoms with van der Waals surface area (Å²) in [6.07, 6.45) is 20.7. The summed E-state index contributed by atoms with van der Waals surface area (Å²) in [5.41, 5.74) is 7.29. The zero-order valence-corrected chi connectivity index (χ0v) is 45.9. The maximum absolute atomic E-state index is 15.6. The van der Waals surface area contributed by atoms with Gasteiger partial charge in [0.1, 0.15) is 41.7 Å². The van der Waals surface area contributed by atoms with E-state index < -0.39 is 54.3 Å². The average Bonchev–Trinajstić information content (AvgIpc) is 3.51. The molecule has 2 spiro atoms. The van der Waals surface area contributed by atoms with Gasteiger partial charge in [-0.1, -0.05) is 62.3 Å². The molecule has 8 bridgehead atoms. The van der Waals surface area contributed by atoms with E-state index in [9.17, 15) is 30.3 Å². The second-order valence-electron chi connectivity index (χ2n) is 26.1. The normalized spacial score (nSPS) is 33.9. The van der Waals surface area contributed by atoms with Crippen molar-refractivity contribution in [2.24, 2.45) is 17.3 Å². The zero-order valence-electron chi connectivity index (χ0n) is 45.9. The molecule has 1 aromatic heterocycles. The highest BCUT2D eigenvalue weighted by atomic mass is 16.7. The number of methoxy groups -OCH3 is 1. The number of carbonyl (C=O) groups is 2. The SMILES string of the molecule is COc1c2c3c4c(O)c(c5c6c4c1CCC6=CC1CCCC51)C(=O)CN1Cc4c(cccc4C1=O)CC#COC1C(O)C(COC(c4c[nH]c5cc6c(cc45)C4(CC6)CC5(O)CCCCC5CC45CCCC5)C=C2)OC(O3)C1(O)CO. The fourth-order valence-electron chi connectivity index (χ4n) is 18.7. The fraction of sp³-hybridized carbons (Fsp3) is 0.522. The molecule has 11 unspecified atom stereocenters. The Balaban J connectivity index is 0.919. The van der Waals surface area contributed by atoms with Gasteiger partial charge in [-0.25, -0.2) is 0 Å². The van der Waals surface area contributed by atoms with E-state index >= 15 is 4.79 Å². The van der Waals surface area contributed by atoms with Gasteiger partial charge in [-0.2, -0.15) is 0 Å². The first kappa shape index (κ1) is 50.5. The number of aliphatic hydroxyl groups is 4. The predicted octanol–water partition coefficient (Wildman–Crippen LogP) is 9.44. The number of H-pyrrole nitrogens is 1. The first-order chi connectivity index (χ1) is 39.4. The van der Waals surface area contributed by atoms with E-state index in [0.717, 1.165) is 114 Å². The number of fused-ring (bicyclic) bond motifs is 12. The number of ketones is 1. The Hall–Kier alpha value is -6.18. The molecule has 14 heteroatoms. The summed E-state index contributed by atoms with van der Waals surface area (Å²) in [6.45, 7) is -1.35. The number of hydrogen-bond donors (Lipinski definition) is 6. The maximum Gasteiger partial charge on any atom is 0.254 e. The van der Waals surface area contributed by atoms with Gasteiger partial charge in [0.05, 0.1) is 49.0 Å². The largest absolute Gasteiger partial charge is 0.506 e. The zero-order chi connectivity index (χ0) is 54.9. The van der Waals surface area contributed by atoms with E-state index in [1.807, 2.05) is 24.4 Å². The van der Waals surface area contributed by atoms with Crippen molar-refractivity contribution < 1.29 is 58.8 Å². The Labute approximate surface area is 470 Å². The van der Waals surface area contributed by atoms with E-state index in [1.165, 1.54) is 43.2 Å². The molecule has 14 nitrogen and oxygen atoms in total. The average molecular weight is 1100 g/mol. The van der Waals surface area contributed by atoms with Gasteiger partial charge in [0, 0.05) is 57.6 Å². The lowest BCUT2D eigenvalue weighted by atomic mass is 9.45. The van der Waals surface area contributed by atoms with Crippen LogP contribution < -0.4 is 9.47 Å². The van der Waals surface area contributed by atoms with Crippen molar-refractivity contribution in [1.29, 1.82) is 0 Å². The molecule has 4 aromatic carbocycles. The first-order valence-corrected chi connectivity index (χ1v) is 30.1. The van der Waals surface area contributed by atoms with Crippen LogP contribution in [-0.2, 0) is 45.4 Å². The van der Waals surface area contributed by atoms with Crippen molar-refractivity contribution in [3.05, 3.63) is 110 Å². The van der Waals surface area contributed by atoms with Crippen LogP contribution in [0.25, 0.3) is 33.3 Å². The van der Waals surface area contributed by atoms with E-state index in [1.54, 1.807) is 24.1 Å². The molecule has 5 fully saturated rings. The third kappa shape index (κ3) is 7.02. The number of phenols is 1. The van der Waals surface area contributed by atoms with Crippen LogP contribution in [0, 0.1) is 29.3 Å². The Morgan fingerprint density at radius 3 is 2.64 bits per heavy atom. The van der Waals surface area contributed by atoms with Crippen molar-refractivity contribution in [2.75, 3.05) is 26.9 Å². The molecule has 1 saturated heterocycles. The fourth-order valence-corrected chi connectivity index (χ4v) is 18.7. The molecule has 7 aliphatic carbocycles. The van der Waals surface area contributed by atoms with Gasteiger partial charge >= 0.3 is 0 Å². The molecular weight excluding hydrogens is 1020 g/mol. The molecule has 81 heavy (non-hydrogen) atoms. The van der Waals surface area contributed by atoms with Gasteiger partial charge in [-0.05, 0) is 163 Å². The number of benzene rings is 4. The predicted molar refractivity (Wildman–Crippen MR) is 301 cm³/mol. The molecule has 11 aliphatic rings. The summed E-state index contributed by atoms with van der Waals surface area (Å²) in [7, 11) is 1.61. The van der Waals surface area contributed by atoms with Gasteiger partial charge in [0.2, 0.25) is 6.29 Å². The lowest BCUT2D eigenvalue weighted by molar-refractivity contribution is -0.328. The van der Waals surface area contributed by atoms with Crippen LogP contribution in [0.2, 0.25) is 0 Å². The Morgan fingerprint density at radius 1 is 0.926 bits per heavy atom. The molecule has 4 saturated carbocycles. The number of aromatic hydroxyl groups is 1. The number of nitrogens with zero attached hydrogens (tertiary/aromatic N) is 1. The summed E-state index contributed by atoms with van der Waals surface area (Å²) in [6, 6.07) is 10.1. The lowest BCUT2D eigenvalue weighted by Crippen LogP contribution is -2.70. The number of phenolic OH excluding ortho intramolecular Hbond substituents is 1. The van der Waals surface area contributed by atoms with E-state index in [2.05, 4.69) is 35.2 Å². The van der Waals surface area contributed by atoms with Gasteiger partial charge in [0.25, 0.3) is 5.91 Å². The van der Waals surface area contributed by atoms with Crippen LogP contribution in [-0.4, -0.2) is 110 Å². The molecule has 4 aliphatic heterocycles. The monoisotopic (exact) mass is 1090 g/mol. The van der Waals surface area contributed by atoms with Crippen LogP contribution in [0.15, 0.2) is 48.7 Å². The van der Waals surface area contributed by atoms with Gasteiger partial charge < -0.3 is 59.1 Å². The van der Waals surface area contributed by atoms with E-state index in [4.69, 9.17) is 23.7 Å². The third-order valence-corrected chi connectivity index (χ3v) is 22.4. The summed E-state index contributed by atoms with van der Waals surface area (Å²) < 4.78 is 33.6. The highest BCUT2D eigenvalue weighted by molar-refractivity contribution is 6.17. The number of Topliss-reactive ketones (excluding diaryl/α,β-unsaturated/α-hetero) is 1. The molecule has 6 N–H and O–H groups in total. The van der Waals surface area contributed by atoms with Crippen molar-refractivity contribution in [2.45, 2.75) is 175 Å². The van der Waals surface area contributed by atoms with Crippen molar-refractivity contribution in [3.63, 3.8) is 0 Å². The third-order valence-electron chi connectivity index (χ3n) is 22.4. The van der Waals surface area contributed by atoms with Crippen LogP contribution in [0.4, 0.5) is 0 Å². The summed E-state index contributed by atoms with van der Waals surface area (Å²) in [5.74, 6) is 2.95. The van der Waals surface area contributed by atoms with Crippen molar-refractivity contribution in [1.82, 2.24) is 9.88 Å². The second kappa shape index (κ2) is 18.2. The number of nitrogens with one attached hydrogen (secondary N) is 1. The molecular formula is C67H70N2O12. The quantitative estimate of drug-likeness (QED) is 0.0937. The molecule has 1 amide bonds. The van der Waals surface area contributed by atoms with Crippen molar-refractivity contribution >= 4 is 45.0 Å². The van der Waals surface area contributed by atoms with Gasteiger partial charge in [-0.3, -0.25) is 9.59 Å². The number of aliphatic hydroxyl groups excluding tert-OH is 2. The molecule has 5 heterocycles. The van der Waals surface area contributed by atoms with Crippen LogP contribution in [0.3, 0.4) is 0 Å². The number of amides is 1. The summed E-state index contributed by atoms with van der Waals surface area (Å²) in [4.78, 5) is 35.0. The molecule has 420 valence electrons. The first-order valence-electron chi connectivity index (χ1n) is 30.1. The molecule has 5 aromatic rings. The number of allylic oxidation sites excluding steroid dienone is 2. The minimum Gasteiger partial charge on any atom is -0.506 e. The van der Waals surface area contributed by atoms with Gasteiger partial charge in [0.15, 0.2) is 17.5 Å². The van der Waals surface area contributed by atoms with Crippen molar-refractivity contribution in [3.8, 4) is 29.3 Å². The number of ether oxygens (including phenoxy) is 5. The molecule has 0 radical (unpaired) electrons. The van der Waals surface area contributed by atoms with Gasteiger partial charge in [-0.15, -0.1) is 0 Å². The number of aromatic amines is 1. The Bertz CT molecular complexity index is 3690. The standard InChI is InChI=1S/C67H70N2O12/c1-77-59-42-16-15-38-25-36-10-7-13-40(36)53-52(38)54(42)56-58(73)55(53)49(71)31-69-30-46-35(9-6-14-41(46)62(69)74)11-8-24-78-61-57(72)51-32-79-50(18-17-43(59)60(56)81-63(80-51)67(61,76)34-70)45-29-68-48-26-37-19-23-65(47(37)27-44(45)48)33-66(75)22-3-2-12-39(66)28-64(65)20-4-5-21-64/h6,9,14,17-18,25-27,29,36,39-40,50-51,57,61,63,68,70,72-73,75-76H,2-5,7,10-13,15-16,19-23,28,30-34H2,1H3. The van der Waals surface area contributed by atoms with Crippen LogP contribution >= 0.6 is 0 Å². The number of aryl methyl sites for hydroxylation is 2. The molecule has 11 atom stereocenters. The van der Waals surface area contributed by atoms with Crippen LogP contribution in [0.5, 0.6) is 17.2 Å². The smallest absolute Gasteiger partial charge is 0.254 e. The lowest BCUT2D eigenvalue weighted by Gasteiger charge is -2.60. The topological polar surface area (TPSA) is 200 Å². The Morgan fingerprint density at radius 2 is 1.79 bits per heavy atom. The molecule has 16 rings (SSSR count).